The van der Waals surface area contributed by atoms with E-state index in [-0.39, 0.29) is 11.9 Å². The topological polar surface area (TPSA) is 60.3 Å². The molecule has 186 valence electrons. The third kappa shape index (κ3) is 5.46. The van der Waals surface area contributed by atoms with Gasteiger partial charge < -0.3 is 14.6 Å². The van der Waals surface area contributed by atoms with Crippen molar-refractivity contribution in [1.82, 2.24) is 9.88 Å². The van der Waals surface area contributed by atoms with Crippen LogP contribution >= 0.6 is 15.9 Å². The highest BCUT2D eigenvalue weighted by Crippen LogP contribution is 2.30. The van der Waals surface area contributed by atoms with E-state index in [2.05, 4.69) is 21.2 Å². The van der Waals surface area contributed by atoms with Crippen LogP contribution in [0.1, 0.15) is 50.4 Å². The minimum Gasteiger partial charge on any atom is -0.465 e. The Bertz CT molecular complexity index is 1410. The molecule has 0 saturated heterocycles. The van der Waals surface area contributed by atoms with Gasteiger partial charge in [-0.15, -0.1) is 0 Å². The first-order valence-electron chi connectivity index (χ1n) is 11.0. The minimum absolute atomic E-state index is 0.300. The van der Waals surface area contributed by atoms with Crippen molar-refractivity contribution in [3.8, 4) is 0 Å². The second-order valence-corrected chi connectivity index (χ2v) is 9.25. The molecule has 0 saturated carbocycles. The van der Waals surface area contributed by atoms with Gasteiger partial charge in [0, 0.05) is 22.6 Å². The summed E-state index contributed by atoms with van der Waals surface area (Å²) in [7, 11) is 1.31. The van der Waals surface area contributed by atoms with E-state index in [9.17, 15) is 22.8 Å². The number of amides is 1. The molecule has 1 heterocycles. The maximum absolute atomic E-state index is 13.3. The number of ether oxygens (including phenoxy) is 1. The molecule has 0 radical (unpaired) electrons. The molecule has 1 aromatic heterocycles. The summed E-state index contributed by atoms with van der Waals surface area (Å²) in [4.78, 5) is 25.0. The predicted molar refractivity (Wildman–Crippen MR) is 134 cm³/mol. The Balaban J connectivity index is 1.60. The molecule has 0 unspecified atom stereocenters. The van der Waals surface area contributed by atoms with Crippen LogP contribution in [0.3, 0.4) is 0 Å². The summed E-state index contributed by atoms with van der Waals surface area (Å²) in [5.41, 5.74) is 2.28. The lowest BCUT2D eigenvalue weighted by Crippen LogP contribution is -2.27. The van der Waals surface area contributed by atoms with Gasteiger partial charge in [0.25, 0.3) is 5.91 Å². The fourth-order valence-corrected chi connectivity index (χ4v) is 4.47. The van der Waals surface area contributed by atoms with E-state index in [1.165, 1.54) is 19.2 Å². The molecule has 0 bridgehead atoms. The Kier molecular flexibility index (Phi) is 7.21. The van der Waals surface area contributed by atoms with Crippen molar-refractivity contribution in [1.29, 1.82) is 0 Å². The van der Waals surface area contributed by atoms with Gasteiger partial charge in [0.15, 0.2) is 0 Å². The number of esters is 1. The minimum atomic E-state index is -4.40. The molecule has 1 atom stereocenters. The third-order valence-corrected chi connectivity index (χ3v) is 6.34. The summed E-state index contributed by atoms with van der Waals surface area (Å²) in [6.45, 7) is 2.13. The van der Waals surface area contributed by atoms with Gasteiger partial charge in [0.2, 0.25) is 0 Å². The van der Waals surface area contributed by atoms with Crippen molar-refractivity contribution >= 4 is 38.7 Å². The number of rotatable bonds is 6. The number of nitrogens with one attached hydrogen (secondary N) is 1. The van der Waals surface area contributed by atoms with Crippen molar-refractivity contribution in [3.63, 3.8) is 0 Å². The highest BCUT2D eigenvalue weighted by Gasteiger charge is 2.30. The molecule has 4 aromatic rings. The Morgan fingerprint density at radius 1 is 1.03 bits per heavy atom. The number of benzene rings is 3. The van der Waals surface area contributed by atoms with Crippen LogP contribution < -0.4 is 5.32 Å². The van der Waals surface area contributed by atoms with Crippen molar-refractivity contribution in [2.45, 2.75) is 25.7 Å². The molecule has 0 spiro atoms. The molecule has 0 aliphatic rings. The van der Waals surface area contributed by atoms with Crippen LogP contribution in [0.5, 0.6) is 0 Å². The van der Waals surface area contributed by atoms with Gasteiger partial charge in [-0.2, -0.15) is 13.2 Å². The number of nitrogens with zero attached hydrogens (tertiary/aromatic N) is 1. The number of methoxy groups -OCH3 is 1. The van der Waals surface area contributed by atoms with E-state index >= 15 is 0 Å². The molecule has 9 heteroatoms. The Morgan fingerprint density at radius 3 is 2.31 bits per heavy atom. The van der Waals surface area contributed by atoms with E-state index in [0.717, 1.165) is 27.6 Å². The van der Waals surface area contributed by atoms with Crippen molar-refractivity contribution in [2.75, 3.05) is 7.11 Å². The fourth-order valence-electron chi connectivity index (χ4n) is 4.00. The quantitative estimate of drug-likeness (QED) is 0.266. The normalized spacial score (nSPS) is 12.4. The first kappa shape index (κ1) is 25.5. The molecule has 1 N–H and O–H groups in total. The Hall–Kier alpha value is -3.59. The summed E-state index contributed by atoms with van der Waals surface area (Å²) in [5, 5.41) is 3.80. The maximum Gasteiger partial charge on any atom is 0.416 e. The molecule has 5 nitrogen and oxygen atoms in total. The van der Waals surface area contributed by atoms with Crippen molar-refractivity contribution in [3.05, 3.63) is 105 Å². The maximum atomic E-state index is 13.3. The van der Waals surface area contributed by atoms with Crippen LogP contribution in [0.15, 0.2) is 77.4 Å². The van der Waals surface area contributed by atoms with Gasteiger partial charge in [-0.3, -0.25) is 4.79 Å². The molecule has 36 heavy (non-hydrogen) atoms. The van der Waals surface area contributed by atoms with Crippen LogP contribution in [0.2, 0.25) is 0 Å². The standard InChI is InChI=1S/C27H22BrF3N2O3/c1-16(18-5-7-19(8-6-18)26(35)36-2)32-25(34)23-14-22(28)13-20-11-12-33(24(20)23)15-17-3-9-21(10-4-17)27(29,30)31/h3-14,16H,15H2,1-2H3,(H,32,34)/t16-/m0/s1. The number of carbonyl (C=O) groups excluding carboxylic acids is 2. The van der Waals surface area contributed by atoms with E-state index in [4.69, 9.17) is 4.74 Å². The lowest BCUT2D eigenvalue weighted by molar-refractivity contribution is -0.137. The monoisotopic (exact) mass is 558 g/mol. The first-order valence-corrected chi connectivity index (χ1v) is 11.8. The highest BCUT2D eigenvalue weighted by molar-refractivity contribution is 9.10. The zero-order chi connectivity index (χ0) is 26.0. The number of alkyl halides is 3. The summed E-state index contributed by atoms with van der Waals surface area (Å²) in [5.74, 6) is -0.748. The van der Waals surface area contributed by atoms with E-state index < -0.39 is 17.7 Å². The average molecular weight is 559 g/mol. The van der Waals surface area contributed by atoms with Crippen LogP contribution in [0, 0.1) is 0 Å². The van der Waals surface area contributed by atoms with Crippen LogP contribution in [-0.4, -0.2) is 23.6 Å². The van der Waals surface area contributed by atoms with Crippen molar-refractivity contribution < 1.29 is 27.5 Å². The Morgan fingerprint density at radius 2 is 1.69 bits per heavy atom. The average Bonchev–Trinajstić information content (AvgIpc) is 3.24. The van der Waals surface area contributed by atoms with Gasteiger partial charge in [0.1, 0.15) is 0 Å². The smallest absolute Gasteiger partial charge is 0.416 e. The van der Waals surface area contributed by atoms with Gasteiger partial charge in [-0.25, -0.2) is 4.79 Å². The SMILES string of the molecule is COC(=O)c1ccc([C@H](C)NC(=O)c2cc(Br)cc3ccn(Cc4ccc(C(F)(F)F)cc4)c23)cc1. The fraction of sp³-hybridized carbons (Fsp3) is 0.185. The number of carbonyl (C=O) groups is 2. The largest absolute Gasteiger partial charge is 0.465 e. The molecular formula is C27H22BrF3N2O3. The van der Waals surface area contributed by atoms with Crippen LogP contribution in [-0.2, 0) is 17.5 Å². The second kappa shape index (κ2) is 10.2. The molecule has 4 rings (SSSR count). The number of halogens is 4. The van der Waals surface area contributed by atoms with Crippen LogP contribution in [0.4, 0.5) is 13.2 Å². The lowest BCUT2D eigenvalue weighted by Gasteiger charge is -2.17. The summed E-state index contributed by atoms with van der Waals surface area (Å²) < 4.78 is 46.0. The first-order chi connectivity index (χ1) is 17.1. The molecule has 1 amide bonds. The summed E-state index contributed by atoms with van der Waals surface area (Å²) >= 11 is 3.45. The second-order valence-electron chi connectivity index (χ2n) is 8.34. The van der Waals surface area contributed by atoms with E-state index in [1.54, 1.807) is 36.5 Å². The van der Waals surface area contributed by atoms with Gasteiger partial charge >= 0.3 is 12.1 Å². The zero-order valence-corrected chi connectivity index (χ0v) is 21.0. The van der Waals surface area contributed by atoms with Gasteiger partial charge in [-0.05, 0) is 60.5 Å². The number of hydrogen-bond donors (Lipinski definition) is 1. The third-order valence-electron chi connectivity index (χ3n) is 5.88. The molecule has 3 aromatic carbocycles. The summed E-state index contributed by atoms with van der Waals surface area (Å²) in [6.07, 6.45) is -2.59. The van der Waals surface area contributed by atoms with Gasteiger partial charge in [-0.1, -0.05) is 40.2 Å². The van der Waals surface area contributed by atoms with E-state index in [0.29, 0.717) is 28.8 Å². The molecule has 0 aliphatic carbocycles. The number of hydrogen-bond acceptors (Lipinski definition) is 3. The van der Waals surface area contributed by atoms with Gasteiger partial charge in [0.05, 0.1) is 35.4 Å². The molecular weight excluding hydrogens is 537 g/mol. The van der Waals surface area contributed by atoms with Crippen LogP contribution in [0.25, 0.3) is 10.9 Å². The van der Waals surface area contributed by atoms with Crippen molar-refractivity contribution in [2.24, 2.45) is 0 Å². The Labute approximate surface area is 214 Å². The zero-order valence-electron chi connectivity index (χ0n) is 19.4. The number of fused-ring (bicyclic) bond motifs is 1. The predicted octanol–water partition coefficient (Wildman–Crippen LogP) is 6.75. The molecule has 0 fully saturated rings. The lowest BCUT2D eigenvalue weighted by atomic mass is 10.0. The number of aromatic nitrogens is 1. The molecule has 0 aliphatic heterocycles. The summed E-state index contributed by atoms with van der Waals surface area (Å²) in [6, 6.07) is 16.9. The highest BCUT2D eigenvalue weighted by atomic mass is 79.9. The van der Waals surface area contributed by atoms with E-state index in [1.807, 2.05) is 23.6 Å².